The highest BCUT2D eigenvalue weighted by atomic mass is 16.2. The average molecular weight is 279 g/mol. The lowest BCUT2D eigenvalue weighted by atomic mass is 10.1. The maximum atomic E-state index is 12.6. The molecule has 20 heavy (non-hydrogen) atoms. The van der Waals surface area contributed by atoms with E-state index in [-0.39, 0.29) is 11.8 Å². The number of carbonyl (C=O) groups is 1. The van der Waals surface area contributed by atoms with Crippen LogP contribution in [0.25, 0.3) is 0 Å². The van der Waals surface area contributed by atoms with Gasteiger partial charge in [-0.3, -0.25) is 9.89 Å². The van der Waals surface area contributed by atoms with Gasteiger partial charge in [0.1, 0.15) is 0 Å². The summed E-state index contributed by atoms with van der Waals surface area (Å²) in [4.78, 5) is 16.6. The first kappa shape index (κ1) is 14.8. The maximum Gasteiger partial charge on any atom is 0.276 e. The van der Waals surface area contributed by atoms with Crippen LogP contribution in [0.2, 0.25) is 0 Å². The molecule has 0 spiro atoms. The fraction of sp³-hybridized carbons (Fsp3) is 0.714. The highest BCUT2D eigenvalue weighted by Gasteiger charge is 2.35. The molecule has 0 saturated carbocycles. The molecular formula is C14H25N5O. The van der Waals surface area contributed by atoms with Gasteiger partial charge < -0.3 is 15.5 Å². The monoisotopic (exact) mass is 279 g/mol. The van der Waals surface area contributed by atoms with Crippen molar-refractivity contribution >= 4 is 11.6 Å². The number of rotatable bonds is 3. The van der Waals surface area contributed by atoms with Crippen LogP contribution in [0.1, 0.15) is 42.9 Å². The molecule has 2 atom stereocenters. The number of nitrogens with two attached hydrogens (primary N) is 1. The van der Waals surface area contributed by atoms with Crippen LogP contribution in [-0.2, 0) is 0 Å². The van der Waals surface area contributed by atoms with Gasteiger partial charge in [-0.05, 0) is 25.9 Å². The summed E-state index contributed by atoms with van der Waals surface area (Å²) in [5, 5.41) is 7.01. The zero-order valence-electron chi connectivity index (χ0n) is 13.0. The molecule has 1 aliphatic rings. The lowest BCUT2D eigenvalue weighted by molar-refractivity contribution is 0.0776. The third-order valence-electron chi connectivity index (χ3n) is 4.14. The van der Waals surface area contributed by atoms with E-state index in [2.05, 4.69) is 36.1 Å². The largest absolute Gasteiger partial charge is 0.395 e. The van der Waals surface area contributed by atoms with E-state index in [1.165, 1.54) is 0 Å². The van der Waals surface area contributed by atoms with E-state index in [1.54, 1.807) is 0 Å². The van der Waals surface area contributed by atoms with Gasteiger partial charge in [-0.25, -0.2) is 0 Å². The first-order valence-electron chi connectivity index (χ1n) is 7.12. The van der Waals surface area contributed by atoms with Crippen LogP contribution in [0, 0.1) is 5.92 Å². The number of likely N-dealkylation sites (N-methyl/N-ethyl adjacent to an activating group) is 1. The van der Waals surface area contributed by atoms with Crippen molar-refractivity contribution < 1.29 is 4.79 Å². The number of amides is 1. The molecule has 6 nitrogen and oxygen atoms in total. The van der Waals surface area contributed by atoms with Gasteiger partial charge >= 0.3 is 0 Å². The minimum absolute atomic E-state index is 0.0677. The van der Waals surface area contributed by atoms with E-state index >= 15 is 0 Å². The van der Waals surface area contributed by atoms with Gasteiger partial charge in [0.2, 0.25) is 0 Å². The number of hydrogen-bond donors (Lipinski definition) is 2. The van der Waals surface area contributed by atoms with E-state index in [9.17, 15) is 4.79 Å². The van der Waals surface area contributed by atoms with E-state index in [4.69, 9.17) is 5.73 Å². The Balaban J connectivity index is 2.17. The van der Waals surface area contributed by atoms with Gasteiger partial charge in [-0.2, -0.15) is 5.10 Å². The molecule has 0 aromatic carbocycles. The molecule has 6 heteroatoms. The molecule has 1 aromatic heterocycles. The third-order valence-corrected chi connectivity index (χ3v) is 4.14. The second-order valence-corrected chi connectivity index (χ2v) is 6.27. The van der Waals surface area contributed by atoms with Crippen LogP contribution in [0.4, 0.5) is 5.69 Å². The Morgan fingerprint density at radius 1 is 1.45 bits per heavy atom. The van der Waals surface area contributed by atoms with Crippen molar-refractivity contribution in [2.45, 2.75) is 32.7 Å². The van der Waals surface area contributed by atoms with Crippen molar-refractivity contribution in [2.24, 2.45) is 5.92 Å². The van der Waals surface area contributed by atoms with E-state index in [0.717, 1.165) is 18.8 Å². The van der Waals surface area contributed by atoms with Crippen LogP contribution in [0.5, 0.6) is 0 Å². The van der Waals surface area contributed by atoms with Gasteiger partial charge in [0.25, 0.3) is 5.91 Å². The summed E-state index contributed by atoms with van der Waals surface area (Å²) in [6, 6.07) is 0.392. The maximum absolute atomic E-state index is 12.6. The summed E-state index contributed by atoms with van der Waals surface area (Å²) < 4.78 is 0. The van der Waals surface area contributed by atoms with Crippen LogP contribution in [0.15, 0.2) is 0 Å². The normalized spacial score (nSPS) is 23.1. The molecule has 2 rings (SSSR count). The Kier molecular flexibility index (Phi) is 4.04. The first-order chi connectivity index (χ1) is 9.32. The highest BCUT2D eigenvalue weighted by Crippen LogP contribution is 2.26. The molecule has 1 aliphatic heterocycles. The summed E-state index contributed by atoms with van der Waals surface area (Å²) in [6.45, 7) is 7.71. The van der Waals surface area contributed by atoms with E-state index < -0.39 is 0 Å². The molecule has 1 amide bonds. The number of likely N-dealkylation sites (tertiary alicyclic amines) is 1. The number of aromatic amines is 1. The van der Waals surface area contributed by atoms with Crippen LogP contribution >= 0.6 is 0 Å². The molecule has 1 fully saturated rings. The van der Waals surface area contributed by atoms with Crippen molar-refractivity contribution in [1.82, 2.24) is 20.0 Å². The highest BCUT2D eigenvalue weighted by molar-refractivity contribution is 5.97. The molecule has 1 saturated heterocycles. The van der Waals surface area contributed by atoms with Gasteiger partial charge in [-0.1, -0.05) is 20.8 Å². The predicted molar refractivity (Wildman–Crippen MR) is 79.6 cm³/mol. The summed E-state index contributed by atoms with van der Waals surface area (Å²) in [6.07, 6.45) is 0. The number of nitrogens with zero attached hydrogens (tertiary/aromatic N) is 3. The number of nitrogens with one attached hydrogen (secondary N) is 1. The second kappa shape index (κ2) is 5.44. The van der Waals surface area contributed by atoms with Gasteiger partial charge in [0, 0.05) is 19.1 Å². The molecule has 0 aliphatic carbocycles. The lowest BCUT2D eigenvalue weighted by Crippen LogP contribution is -2.36. The SMILES string of the molecule is CC(C)c1[nH]nc(C(=O)N2CC(C)C(N(C)C)C2)c1N. The predicted octanol–water partition coefficient (Wildman–Crippen LogP) is 1.14. The summed E-state index contributed by atoms with van der Waals surface area (Å²) in [5.74, 6) is 0.622. The van der Waals surface area contributed by atoms with Crippen LogP contribution < -0.4 is 5.73 Å². The van der Waals surface area contributed by atoms with Gasteiger partial charge in [0.05, 0.1) is 11.4 Å². The smallest absolute Gasteiger partial charge is 0.276 e. The molecule has 2 unspecified atom stereocenters. The second-order valence-electron chi connectivity index (χ2n) is 6.27. The van der Waals surface area contributed by atoms with Crippen LogP contribution in [0.3, 0.4) is 0 Å². The quantitative estimate of drug-likeness (QED) is 0.869. The molecule has 3 N–H and O–H groups in total. The van der Waals surface area contributed by atoms with Crippen molar-refractivity contribution in [3.05, 3.63) is 11.4 Å². The van der Waals surface area contributed by atoms with E-state index in [1.807, 2.05) is 18.7 Å². The summed E-state index contributed by atoms with van der Waals surface area (Å²) in [7, 11) is 4.10. The number of anilines is 1. The minimum Gasteiger partial charge on any atom is -0.395 e. The van der Waals surface area contributed by atoms with Crippen molar-refractivity contribution in [2.75, 3.05) is 32.9 Å². The van der Waals surface area contributed by atoms with Gasteiger partial charge in [-0.15, -0.1) is 0 Å². The fourth-order valence-corrected chi connectivity index (χ4v) is 2.90. The standard InChI is InChI=1S/C14H25N5O/c1-8(2)12-11(15)13(17-16-12)14(20)19-6-9(3)10(7-19)18(4)5/h8-10H,6-7,15H2,1-5H3,(H,16,17). The lowest BCUT2D eigenvalue weighted by Gasteiger charge is -2.22. The van der Waals surface area contributed by atoms with Crippen molar-refractivity contribution in [1.29, 1.82) is 0 Å². The Labute approximate surface area is 120 Å². The number of hydrogen-bond acceptors (Lipinski definition) is 4. The molecule has 0 bridgehead atoms. The first-order valence-corrected chi connectivity index (χ1v) is 7.12. The molecule has 1 aromatic rings. The topological polar surface area (TPSA) is 78.2 Å². The van der Waals surface area contributed by atoms with Crippen LogP contribution in [-0.4, -0.2) is 59.1 Å². The molecule has 0 radical (unpaired) electrons. The number of H-pyrrole nitrogens is 1. The van der Waals surface area contributed by atoms with Crippen molar-refractivity contribution in [3.8, 4) is 0 Å². The van der Waals surface area contributed by atoms with Crippen molar-refractivity contribution in [3.63, 3.8) is 0 Å². The fourth-order valence-electron chi connectivity index (χ4n) is 2.90. The molecule has 112 valence electrons. The Morgan fingerprint density at radius 2 is 2.10 bits per heavy atom. The van der Waals surface area contributed by atoms with Gasteiger partial charge in [0.15, 0.2) is 5.69 Å². The third kappa shape index (κ3) is 2.52. The minimum atomic E-state index is -0.0677. The molecular weight excluding hydrogens is 254 g/mol. The average Bonchev–Trinajstić information content (AvgIpc) is 2.91. The number of carbonyl (C=O) groups excluding carboxylic acids is 1. The van der Waals surface area contributed by atoms with E-state index in [0.29, 0.717) is 23.3 Å². The number of aromatic nitrogens is 2. The Hall–Kier alpha value is -1.56. The summed E-state index contributed by atoms with van der Waals surface area (Å²) in [5.41, 5.74) is 7.74. The zero-order chi connectivity index (χ0) is 15.0. The Morgan fingerprint density at radius 3 is 2.55 bits per heavy atom. The summed E-state index contributed by atoms with van der Waals surface area (Å²) >= 11 is 0. The Bertz CT molecular complexity index is 494. The zero-order valence-corrected chi connectivity index (χ0v) is 13.0. The number of nitrogen functional groups attached to an aromatic ring is 1. The molecule has 2 heterocycles.